The lowest BCUT2D eigenvalue weighted by Crippen LogP contribution is -2.26. The van der Waals surface area contributed by atoms with Gasteiger partial charge in [0.2, 0.25) is 0 Å². The van der Waals surface area contributed by atoms with E-state index in [2.05, 4.69) is 10.3 Å². The normalized spacial score (nSPS) is 10.3. The van der Waals surface area contributed by atoms with E-state index >= 15 is 0 Å². The first kappa shape index (κ1) is 12.6. The summed E-state index contributed by atoms with van der Waals surface area (Å²) in [5.74, 6) is -0.132. The smallest absolute Gasteiger partial charge is 0.253 e. The number of nitrogens with zero attached hydrogens (tertiary/aromatic N) is 1. The average Bonchev–Trinajstić information content (AvgIpc) is 2.85. The summed E-state index contributed by atoms with van der Waals surface area (Å²) in [5.41, 5.74) is 7.88. The molecule has 3 N–H and O–H groups in total. The van der Waals surface area contributed by atoms with Crippen molar-refractivity contribution < 1.29 is 4.79 Å². The van der Waals surface area contributed by atoms with Crippen molar-refractivity contribution in [2.75, 3.05) is 12.3 Å². The van der Waals surface area contributed by atoms with Crippen molar-refractivity contribution in [1.82, 2.24) is 10.3 Å². The average molecular weight is 261 g/mol. The quantitative estimate of drug-likeness (QED) is 0.827. The van der Waals surface area contributed by atoms with Crippen molar-refractivity contribution in [1.29, 1.82) is 0 Å². The van der Waals surface area contributed by atoms with Gasteiger partial charge in [0.1, 0.15) is 0 Å². The number of rotatable bonds is 4. The van der Waals surface area contributed by atoms with E-state index in [9.17, 15) is 4.79 Å². The Hall–Kier alpha value is -1.88. The van der Waals surface area contributed by atoms with Gasteiger partial charge in [-0.25, -0.2) is 4.98 Å². The van der Waals surface area contributed by atoms with Gasteiger partial charge in [-0.2, -0.15) is 0 Å². The molecule has 0 radical (unpaired) electrons. The number of thiazole rings is 1. The molecule has 0 aliphatic rings. The predicted molar refractivity (Wildman–Crippen MR) is 73.7 cm³/mol. The van der Waals surface area contributed by atoms with Gasteiger partial charge in [0.25, 0.3) is 5.91 Å². The van der Waals surface area contributed by atoms with Gasteiger partial charge in [0.05, 0.1) is 10.6 Å². The molecular formula is C13H15N3OS. The number of benzene rings is 1. The highest BCUT2D eigenvalue weighted by atomic mass is 32.1. The lowest BCUT2D eigenvalue weighted by molar-refractivity contribution is 0.0955. The number of aromatic nitrogens is 1. The van der Waals surface area contributed by atoms with E-state index in [0.29, 0.717) is 17.8 Å². The third kappa shape index (κ3) is 2.87. The lowest BCUT2D eigenvalue weighted by atomic mass is 10.1. The van der Waals surface area contributed by atoms with E-state index in [1.807, 2.05) is 24.4 Å². The molecule has 2 rings (SSSR count). The number of carbonyl (C=O) groups excluding carboxylic acids is 1. The molecule has 0 bridgehead atoms. The predicted octanol–water partition coefficient (Wildman–Crippen LogP) is 2.01. The van der Waals surface area contributed by atoms with E-state index in [-0.39, 0.29) is 5.91 Å². The molecule has 1 aromatic heterocycles. The maximum atomic E-state index is 11.9. The molecule has 4 nitrogen and oxygen atoms in total. The number of nitrogens with one attached hydrogen (secondary N) is 1. The summed E-state index contributed by atoms with van der Waals surface area (Å²) in [4.78, 5) is 16.1. The van der Waals surface area contributed by atoms with Gasteiger partial charge in [0.15, 0.2) is 0 Å². The molecule has 0 spiro atoms. The number of anilines is 1. The van der Waals surface area contributed by atoms with E-state index in [1.54, 1.807) is 23.6 Å². The van der Waals surface area contributed by atoms with Crippen LogP contribution in [0.2, 0.25) is 0 Å². The number of hydrogen-bond donors (Lipinski definition) is 2. The standard InChI is InChI=1S/C13H15N3OS/c1-9-3-2-4-10(12(9)14)13(17)16-6-5-11-15-7-8-18-11/h2-4,7-8H,5-6,14H2,1H3,(H,16,17). The van der Waals surface area contributed by atoms with Crippen LogP contribution >= 0.6 is 11.3 Å². The number of amides is 1. The lowest BCUT2D eigenvalue weighted by Gasteiger charge is -2.08. The zero-order valence-corrected chi connectivity index (χ0v) is 11.0. The van der Waals surface area contributed by atoms with Crippen LogP contribution in [0.4, 0.5) is 5.69 Å². The Morgan fingerprint density at radius 2 is 2.33 bits per heavy atom. The molecule has 5 heteroatoms. The minimum absolute atomic E-state index is 0.132. The minimum Gasteiger partial charge on any atom is -0.398 e. The Balaban J connectivity index is 1.93. The molecule has 1 aromatic carbocycles. The molecule has 0 unspecified atom stereocenters. The Morgan fingerprint density at radius 3 is 3.06 bits per heavy atom. The molecular weight excluding hydrogens is 246 g/mol. The second-order valence-corrected chi connectivity index (χ2v) is 4.95. The highest BCUT2D eigenvalue weighted by Gasteiger charge is 2.10. The fraction of sp³-hybridized carbons (Fsp3) is 0.231. The van der Waals surface area contributed by atoms with Gasteiger partial charge in [-0.15, -0.1) is 11.3 Å². The fourth-order valence-corrected chi connectivity index (χ4v) is 2.25. The molecule has 0 fully saturated rings. The Bertz CT molecular complexity index is 537. The van der Waals surface area contributed by atoms with Crippen LogP contribution < -0.4 is 11.1 Å². The van der Waals surface area contributed by atoms with Crippen molar-refractivity contribution in [2.45, 2.75) is 13.3 Å². The molecule has 0 aliphatic heterocycles. The van der Waals surface area contributed by atoms with Crippen molar-refractivity contribution >= 4 is 22.9 Å². The summed E-state index contributed by atoms with van der Waals surface area (Å²) in [6.45, 7) is 2.46. The highest BCUT2D eigenvalue weighted by molar-refractivity contribution is 7.09. The Morgan fingerprint density at radius 1 is 1.50 bits per heavy atom. The monoisotopic (exact) mass is 261 g/mol. The van der Waals surface area contributed by atoms with Gasteiger partial charge < -0.3 is 11.1 Å². The molecule has 0 atom stereocenters. The zero-order chi connectivity index (χ0) is 13.0. The summed E-state index contributed by atoms with van der Waals surface area (Å²) in [7, 11) is 0. The van der Waals surface area contributed by atoms with Gasteiger partial charge in [-0.3, -0.25) is 4.79 Å². The van der Waals surface area contributed by atoms with Crippen molar-refractivity contribution in [3.05, 3.63) is 45.9 Å². The van der Waals surface area contributed by atoms with E-state index in [0.717, 1.165) is 17.0 Å². The van der Waals surface area contributed by atoms with Crippen LogP contribution in [0.1, 0.15) is 20.9 Å². The summed E-state index contributed by atoms with van der Waals surface area (Å²) >= 11 is 1.59. The van der Waals surface area contributed by atoms with Crippen LogP contribution in [0.25, 0.3) is 0 Å². The van der Waals surface area contributed by atoms with Crippen molar-refractivity contribution in [3.63, 3.8) is 0 Å². The number of carbonyl (C=O) groups is 1. The second-order valence-electron chi connectivity index (χ2n) is 3.97. The summed E-state index contributed by atoms with van der Waals surface area (Å²) in [6.07, 6.45) is 2.51. The maximum absolute atomic E-state index is 11.9. The van der Waals surface area contributed by atoms with Crippen molar-refractivity contribution in [3.8, 4) is 0 Å². The first-order chi connectivity index (χ1) is 8.68. The van der Waals surface area contributed by atoms with Gasteiger partial charge in [0, 0.05) is 30.2 Å². The van der Waals surface area contributed by atoms with Crippen LogP contribution in [-0.2, 0) is 6.42 Å². The minimum atomic E-state index is -0.132. The number of hydrogen-bond acceptors (Lipinski definition) is 4. The summed E-state index contributed by atoms with van der Waals surface area (Å²) in [5, 5.41) is 5.80. The Kier molecular flexibility index (Phi) is 3.94. The first-order valence-corrected chi connectivity index (χ1v) is 6.58. The van der Waals surface area contributed by atoms with Crippen LogP contribution in [0.5, 0.6) is 0 Å². The van der Waals surface area contributed by atoms with Gasteiger partial charge in [-0.1, -0.05) is 12.1 Å². The van der Waals surface area contributed by atoms with Crippen LogP contribution in [0.3, 0.4) is 0 Å². The molecule has 0 saturated carbocycles. The van der Waals surface area contributed by atoms with E-state index in [1.165, 1.54) is 0 Å². The number of nitrogen functional groups attached to an aromatic ring is 1. The third-order valence-corrected chi connectivity index (χ3v) is 3.52. The van der Waals surface area contributed by atoms with Crippen molar-refractivity contribution in [2.24, 2.45) is 0 Å². The van der Waals surface area contributed by atoms with E-state index in [4.69, 9.17) is 5.73 Å². The summed E-state index contributed by atoms with van der Waals surface area (Å²) in [6, 6.07) is 5.46. The molecule has 0 saturated heterocycles. The first-order valence-electron chi connectivity index (χ1n) is 5.70. The van der Waals surface area contributed by atoms with E-state index < -0.39 is 0 Å². The van der Waals surface area contributed by atoms with Gasteiger partial charge in [-0.05, 0) is 18.6 Å². The molecule has 94 valence electrons. The summed E-state index contributed by atoms with van der Waals surface area (Å²) < 4.78 is 0. The third-order valence-electron chi connectivity index (χ3n) is 2.68. The number of para-hydroxylation sites is 1. The molecule has 1 amide bonds. The fourth-order valence-electron chi connectivity index (χ4n) is 1.63. The van der Waals surface area contributed by atoms with Gasteiger partial charge >= 0.3 is 0 Å². The van der Waals surface area contributed by atoms with Crippen LogP contribution in [-0.4, -0.2) is 17.4 Å². The Labute approximate surface area is 110 Å². The topological polar surface area (TPSA) is 68.0 Å². The van der Waals surface area contributed by atoms with Crippen LogP contribution in [0, 0.1) is 6.92 Å². The maximum Gasteiger partial charge on any atom is 0.253 e. The second kappa shape index (κ2) is 5.64. The highest BCUT2D eigenvalue weighted by Crippen LogP contribution is 2.16. The zero-order valence-electron chi connectivity index (χ0n) is 10.1. The van der Waals surface area contributed by atoms with Crippen LogP contribution in [0.15, 0.2) is 29.8 Å². The molecule has 2 aromatic rings. The largest absolute Gasteiger partial charge is 0.398 e. The molecule has 1 heterocycles. The SMILES string of the molecule is Cc1cccc(C(=O)NCCc2nccs2)c1N. The number of aryl methyl sites for hydroxylation is 1. The molecule has 18 heavy (non-hydrogen) atoms. The molecule has 0 aliphatic carbocycles. The number of nitrogens with two attached hydrogens (primary N) is 1.